The van der Waals surface area contributed by atoms with Crippen molar-refractivity contribution in [2.24, 2.45) is 11.8 Å². The van der Waals surface area contributed by atoms with Gasteiger partial charge in [0, 0.05) is 16.7 Å². The van der Waals surface area contributed by atoms with Crippen LogP contribution in [0.1, 0.15) is 57.1 Å². The molecule has 2 fully saturated rings. The topological polar surface area (TPSA) is 38.8 Å². The maximum absolute atomic E-state index is 14.7. The van der Waals surface area contributed by atoms with Crippen LogP contribution in [0.15, 0.2) is 24.3 Å². The van der Waals surface area contributed by atoms with Crippen molar-refractivity contribution in [1.82, 2.24) is 0 Å². The summed E-state index contributed by atoms with van der Waals surface area (Å²) in [4.78, 5) is 12.4. The Morgan fingerprint density at radius 1 is 0.935 bits per heavy atom. The summed E-state index contributed by atoms with van der Waals surface area (Å²) < 4.78 is 68.1. The Balaban J connectivity index is 1.50. The molecule has 2 aliphatic rings. The largest absolute Gasteiger partial charge is 0.423 e. The molecular weight excluding hydrogens is 412 g/mol. The molecule has 7 heteroatoms. The molecule has 0 bridgehead atoms. The molecule has 1 aliphatic heterocycles. The number of benzene rings is 2. The molecule has 0 amide bonds. The zero-order valence-electron chi connectivity index (χ0n) is 17.2. The summed E-state index contributed by atoms with van der Waals surface area (Å²) in [5.41, 5.74) is -0.816. The Morgan fingerprint density at radius 3 is 2.16 bits per heavy atom. The molecule has 3 nitrogen and oxygen atoms in total. The van der Waals surface area contributed by atoms with Crippen molar-refractivity contribution in [3.05, 3.63) is 53.1 Å². The summed E-state index contributed by atoms with van der Waals surface area (Å²) in [5.74, 6) is -6.12. The lowest BCUT2D eigenvalue weighted by Gasteiger charge is -2.26. The molecular formula is C24H24F4O3. The second-order valence-electron chi connectivity index (χ2n) is 8.32. The highest BCUT2D eigenvalue weighted by molar-refractivity contribution is 5.76. The summed E-state index contributed by atoms with van der Waals surface area (Å²) in [5, 5.41) is 0. The third kappa shape index (κ3) is 4.47. The van der Waals surface area contributed by atoms with E-state index >= 15 is 0 Å². The van der Waals surface area contributed by atoms with Crippen LogP contribution < -0.4 is 4.74 Å². The molecule has 166 valence electrons. The second kappa shape index (κ2) is 8.99. The van der Waals surface area contributed by atoms with Crippen LogP contribution in [0.3, 0.4) is 0 Å². The molecule has 2 aromatic carbocycles. The van der Waals surface area contributed by atoms with Crippen LogP contribution in [-0.4, -0.2) is 12.6 Å². The lowest BCUT2D eigenvalue weighted by molar-refractivity contribution is -0.140. The van der Waals surface area contributed by atoms with Gasteiger partial charge in [-0.05, 0) is 43.7 Å². The van der Waals surface area contributed by atoms with Crippen LogP contribution in [0.25, 0.3) is 11.1 Å². The Morgan fingerprint density at radius 2 is 1.55 bits per heavy atom. The van der Waals surface area contributed by atoms with E-state index in [1.165, 1.54) is 12.1 Å². The first kappa shape index (κ1) is 21.8. The third-order valence-corrected chi connectivity index (χ3v) is 6.22. The molecule has 0 N–H and O–H groups in total. The number of hydrogen-bond acceptors (Lipinski definition) is 3. The van der Waals surface area contributed by atoms with Gasteiger partial charge in [0.15, 0.2) is 23.2 Å². The number of halogens is 4. The number of esters is 1. The molecule has 31 heavy (non-hydrogen) atoms. The van der Waals surface area contributed by atoms with E-state index in [0.29, 0.717) is 25.4 Å². The number of rotatable bonds is 6. The molecule has 0 radical (unpaired) electrons. The summed E-state index contributed by atoms with van der Waals surface area (Å²) >= 11 is 0. The fourth-order valence-corrected chi connectivity index (χ4v) is 4.35. The van der Waals surface area contributed by atoms with Gasteiger partial charge in [-0.2, -0.15) is 4.39 Å². The average Bonchev–Trinajstić information content (AvgIpc) is 3.60. The molecule has 1 unspecified atom stereocenters. The van der Waals surface area contributed by atoms with Crippen LogP contribution in [0, 0.1) is 35.1 Å². The second-order valence-corrected chi connectivity index (χ2v) is 8.32. The van der Waals surface area contributed by atoms with E-state index < -0.39 is 52.2 Å². The molecule has 0 aromatic heterocycles. The molecule has 1 atom stereocenters. The number of epoxide rings is 1. The minimum atomic E-state index is -1.40. The minimum absolute atomic E-state index is 0.0429. The molecule has 1 aliphatic carbocycles. The number of carbonyl (C=O) groups excluding carboxylic acids is 1. The van der Waals surface area contributed by atoms with Gasteiger partial charge < -0.3 is 9.47 Å². The van der Waals surface area contributed by atoms with Crippen LogP contribution in [0.4, 0.5) is 17.6 Å². The summed E-state index contributed by atoms with van der Waals surface area (Å²) in [6, 6.07) is 4.65. The SMILES string of the molecule is CCCC1CCC(C(=O)Oc2ccc(-c3ccc(C4CO4)c(F)c3F)c(F)c2F)CC1. The predicted octanol–water partition coefficient (Wildman–Crippen LogP) is 6.49. The Labute approximate surface area is 178 Å². The van der Waals surface area contributed by atoms with Crippen molar-refractivity contribution in [2.45, 2.75) is 51.6 Å². The normalized spacial score (nSPS) is 22.9. The van der Waals surface area contributed by atoms with Crippen molar-refractivity contribution in [3.8, 4) is 16.9 Å². The van der Waals surface area contributed by atoms with Gasteiger partial charge in [0.25, 0.3) is 0 Å². The Kier molecular flexibility index (Phi) is 6.32. The van der Waals surface area contributed by atoms with Crippen molar-refractivity contribution < 1.29 is 31.8 Å². The molecule has 0 spiro atoms. The van der Waals surface area contributed by atoms with Gasteiger partial charge in [-0.1, -0.05) is 31.9 Å². The van der Waals surface area contributed by atoms with Gasteiger partial charge in [0.05, 0.1) is 12.5 Å². The van der Waals surface area contributed by atoms with Crippen molar-refractivity contribution in [2.75, 3.05) is 6.61 Å². The first-order valence-electron chi connectivity index (χ1n) is 10.7. The maximum atomic E-state index is 14.7. The van der Waals surface area contributed by atoms with E-state index in [9.17, 15) is 22.4 Å². The highest BCUT2D eigenvalue weighted by Gasteiger charge is 2.32. The van der Waals surface area contributed by atoms with E-state index in [0.717, 1.165) is 37.8 Å². The summed E-state index contributed by atoms with van der Waals surface area (Å²) in [6.45, 7) is 2.41. The Bertz CT molecular complexity index is 979. The molecule has 4 rings (SSSR count). The van der Waals surface area contributed by atoms with E-state index in [4.69, 9.17) is 9.47 Å². The Hall–Kier alpha value is -2.41. The highest BCUT2D eigenvalue weighted by atomic mass is 19.2. The molecule has 2 aromatic rings. The monoisotopic (exact) mass is 436 g/mol. The quantitative estimate of drug-likeness (QED) is 0.225. The van der Waals surface area contributed by atoms with Gasteiger partial charge in [-0.15, -0.1) is 0 Å². The number of ether oxygens (including phenoxy) is 2. The van der Waals surface area contributed by atoms with E-state index in [1.54, 1.807) is 0 Å². The average molecular weight is 436 g/mol. The predicted molar refractivity (Wildman–Crippen MR) is 106 cm³/mol. The lowest BCUT2D eigenvalue weighted by atomic mass is 9.80. The molecule has 1 saturated heterocycles. The summed E-state index contributed by atoms with van der Waals surface area (Å²) in [7, 11) is 0. The van der Waals surface area contributed by atoms with E-state index in [1.807, 2.05) is 0 Å². The van der Waals surface area contributed by atoms with Crippen LogP contribution >= 0.6 is 0 Å². The first-order valence-corrected chi connectivity index (χ1v) is 10.7. The van der Waals surface area contributed by atoms with Crippen LogP contribution in [-0.2, 0) is 9.53 Å². The number of hydrogen-bond donors (Lipinski definition) is 0. The maximum Gasteiger partial charge on any atom is 0.314 e. The van der Waals surface area contributed by atoms with Crippen molar-refractivity contribution in [3.63, 3.8) is 0 Å². The van der Waals surface area contributed by atoms with Gasteiger partial charge in [-0.25, -0.2) is 13.2 Å². The van der Waals surface area contributed by atoms with Gasteiger partial charge >= 0.3 is 5.97 Å². The fourth-order valence-electron chi connectivity index (χ4n) is 4.35. The summed E-state index contributed by atoms with van der Waals surface area (Å²) in [6.07, 6.45) is 4.85. The number of carbonyl (C=O) groups is 1. The van der Waals surface area contributed by atoms with Crippen molar-refractivity contribution in [1.29, 1.82) is 0 Å². The molecule has 1 saturated carbocycles. The zero-order valence-corrected chi connectivity index (χ0v) is 17.2. The van der Waals surface area contributed by atoms with Gasteiger partial charge in [0.1, 0.15) is 6.10 Å². The van der Waals surface area contributed by atoms with Gasteiger partial charge in [-0.3, -0.25) is 4.79 Å². The van der Waals surface area contributed by atoms with Crippen LogP contribution in [0.5, 0.6) is 5.75 Å². The first-order chi connectivity index (χ1) is 14.9. The van der Waals surface area contributed by atoms with E-state index in [-0.39, 0.29) is 11.5 Å². The van der Waals surface area contributed by atoms with Crippen molar-refractivity contribution >= 4 is 5.97 Å². The lowest BCUT2D eigenvalue weighted by Crippen LogP contribution is -2.26. The van der Waals surface area contributed by atoms with Crippen LogP contribution in [0.2, 0.25) is 0 Å². The third-order valence-electron chi connectivity index (χ3n) is 6.22. The highest BCUT2D eigenvalue weighted by Crippen LogP contribution is 2.38. The minimum Gasteiger partial charge on any atom is -0.423 e. The zero-order chi connectivity index (χ0) is 22.1. The van der Waals surface area contributed by atoms with Gasteiger partial charge in [0.2, 0.25) is 5.82 Å². The standard InChI is InChI=1S/C24H24F4O3/c1-2-3-13-4-6-14(7-5-13)24(29)31-18-11-10-16(21(26)23(18)28)15-8-9-17(19-12-30-19)22(27)20(15)25/h8-11,13-14,19H,2-7,12H2,1H3. The smallest absolute Gasteiger partial charge is 0.314 e. The molecule has 1 heterocycles. The van der Waals surface area contributed by atoms with E-state index in [2.05, 4.69) is 6.92 Å². The fraction of sp³-hybridized carbons (Fsp3) is 0.458.